The van der Waals surface area contributed by atoms with Crippen molar-refractivity contribution in [2.45, 2.75) is 0 Å². The van der Waals surface area contributed by atoms with E-state index >= 15 is 0 Å². The number of benzene rings is 3. The van der Waals surface area contributed by atoms with Crippen LogP contribution in [-0.2, 0) is 0 Å². The Morgan fingerprint density at radius 1 is 0.576 bits per heavy atom. The van der Waals surface area contributed by atoms with Crippen LogP contribution < -0.4 is 14.2 Å². The van der Waals surface area contributed by atoms with Crippen LogP contribution in [0.4, 0.5) is 0 Å². The molecule has 3 aromatic carbocycles. The van der Waals surface area contributed by atoms with Crippen LogP contribution in [0.25, 0.3) is 44.7 Å². The van der Waals surface area contributed by atoms with Gasteiger partial charge in [0.2, 0.25) is 0 Å². The van der Waals surface area contributed by atoms with Gasteiger partial charge in [-0.3, -0.25) is 0 Å². The van der Waals surface area contributed by atoms with Gasteiger partial charge in [0.25, 0.3) is 0 Å². The van der Waals surface area contributed by atoms with Gasteiger partial charge in [0, 0.05) is 16.7 Å². The van der Waals surface area contributed by atoms with Crippen LogP contribution in [0.1, 0.15) is 0 Å². The Labute approximate surface area is 195 Å². The molecule has 2 aromatic heterocycles. The lowest BCUT2D eigenvalue weighted by Gasteiger charge is -2.14. The van der Waals surface area contributed by atoms with Gasteiger partial charge in [-0.2, -0.15) is 8.75 Å². The van der Waals surface area contributed by atoms with E-state index in [0.29, 0.717) is 0 Å². The van der Waals surface area contributed by atoms with E-state index in [1.165, 1.54) is 11.7 Å². The average Bonchev–Trinajstić information content (AvgIpc) is 3.38. The number of nitrogens with zero attached hydrogens (tertiary/aromatic N) is 3. The number of rotatable bonds is 6. The van der Waals surface area contributed by atoms with Crippen LogP contribution in [0.2, 0.25) is 0 Å². The summed E-state index contributed by atoms with van der Waals surface area (Å²) in [5.41, 5.74) is 6.95. The topological polar surface area (TPSA) is 66.4 Å². The lowest BCUT2D eigenvalue weighted by atomic mass is 9.96. The van der Waals surface area contributed by atoms with Gasteiger partial charge in [0.15, 0.2) is 0 Å². The summed E-state index contributed by atoms with van der Waals surface area (Å²) < 4.78 is 25.5. The Bertz CT molecular complexity index is 1410. The molecule has 0 amide bonds. The largest absolute Gasteiger partial charge is 0.497 e. The summed E-state index contributed by atoms with van der Waals surface area (Å²) in [5.74, 6) is 2.34. The molecule has 0 N–H and O–H groups in total. The SMILES string of the molecule is COc1ccc(-c2nc(-c3cccc(OC)c3)c(-c3ccc(OC)cc3)c3nsnc23)cc1. The maximum atomic E-state index is 5.48. The number of methoxy groups -OCH3 is 3. The Kier molecular flexibility index (Phi) is 5.62. The van der Waals surface area contributed by atoms with Gasteiger partial charge < -0.3 is 14.2 Å². The van der Waals surface area contributed by atoms with E-state index in [2.05, 4.69) is 8.75 Å². The number of fused-ring (bicyclic) bond motifs is 1. The second-order valence-electron chi connectivity index (χ2n) is 7.33. The number of ether oxygens (including phenoxy) is 3. The van der Waals surface area contributed by atoms with Crippen LogP contribution in [0, 0.1) is 0 Å². The standard InChI is InChI=1S/C26H21N3O3S/c1-30-19-11-7-16(8-12-19)22-23(18-5-4-6-21(15-18)32-3)27-24(26-25(22)28-33-29-26)17-9-13-20(31-2)14-10-17/h4-15H,1-3H3. The molecule has 0 unspecified atom stereocenters. The highest BCUT2D eigenvalue weighted by Crippen LogP contribution is 2.41. The van der Waals surface area contributed by atoms with Gasteiger partial charge in [-0.1, -0.05) is 24.3 Å². The highest BCUT2D eigenvalue weighted by atomic mass is 32.1. The van der Waals surface area contributed by atoms with E-state index in [-0.39, 0.29) is 0 Å². The molecule has 0 radical (unpaired) electrons. The monoisotopic (exact) mass is 455 g/mol. The molecule has 0 aliphatic heterocycles. The van der Waals surface area contributed by atoms with Gasteiger partial charge in [-0.05, 0) is 54.1 Å². The van der Waals surface area contributed by atoms with Crippen LogP contribution in [0.15, 0.2) is 72.8 Å². The summed E-state index contributed by atoms with van der Waals surface area (Å²) in [7, 11) is 4.97. The fourth-order valence-electron chi connectivity index (χ4n) is 3.80. The second-order valence-corrected chi connectivity index (χ2v) is 7.86. The van der Waals surface area contributed by atoms with Crippen LogP contribution >= 0.6 is 11.7 Å². The zero-order valence-corrected chi connectivity index (χ0v) is 19.2. The highest BCUT2D eigenvalue weighted by molar-refractivity contribution is 7.00. The Morgan fingerprint density at radius 2 is 1.18 bits per heavy atom. The molecule has 5 aromatic rings. The average molecular weight is 456 g/mol. The van der Waals surface area contributed by atoms with Crippen LogP contribution in [0.3, 0.4) is 0 Å². The van der Waals surface area contributed by atoms with E-state index in [0.717, 1.165) is 61.9 Å². The Hall–Kier alpha value is -3.97. The first-order valence-corrected chi connectivity index (χ1v) is 11.0. The lowest BCUT2D eigenvalue weighted by Crippen LogP contribution is -1.97. The van der Waals surface area contributed by atoms with E-state index in [9.17, 15) is 0 Å². The third-order valence-electron chi connectivity index (χ3n) is 5.50. The van der Waals surface area contributed by atoms with Gasteiger partial charge >= 0.3 is 0 Å². The van der Waals surface area contributed by atoms with Crippen molar-refractivity contribution in [2.24, 2.45) is 0 Å². The number of aromatic nitrogens is 3. The summed E-state index contributed by atoms with van der Waals surface area (Å²) >= 11 is 1.18. The number of pyridine rings is 1. The smallest absolute Gasteiger partial charge is 0.131 e. The van der Waals surface area contributed by atoms with Crippen molar-refractivity contribution >= 4 is 22.8 Å². The van der Waals surface area contributed by atoms with E-state index < -0.39 is 0 Å². The molecule has 2 heterocycles. The molecule has 0 atom stereocenters. The normalized spacial score (nSPS) is 10.9. The second kappa shape index (κ2) is 8.88. The number of hydrogen-bond donors (Lipinski definition) is 0. The van der Waals surface area contributed by atoms with Crippen molar-refractivity contribution in [1.82, 2.24) is 13.7 Å². The third-order valence-corrected chi connectivity index (χ3v) is 6.02. The first-order chi connectivity index (χ1) is 16.2. The predicted molar refractivity (Wildman–Crippen MR) is 131 cm³/mol. The van der Waals surface area contributed by atoms with E-state index in [1.807, 2.05) is 72.8 Å². The zero-order chi connectivity index (χ0) is 22.8. The van der Waals surface area contributed by atoms with Gasteiger partial charge in [0.1, 0.15) is 34.0 Å². The molecule has 0 fully saturated rings. The molecule has 5 rings (SSSR count). The third kappa shape index (κ3) is 3.87. The summed E-state index contributed by atoms with van der Waals surface area (Å²) in [6.45, 7) is 0. The molecule has 0 bridgehead atoms. The van der Waals surface area contributed by atoms with Crippen LogP contribution in [0.5, 0.6) is 17.2 Å². The van der Waals surface area contributed by atoms with Crippen LogP contribution in [-0.4, -0.2) is 35.1 Å². The lowest BCUT2D eigenvalue weighted by molar-refractivity contribution is 0.414. The van der Waals surface area contributed by atoms with Crippen molar-refractivity contribution in [3.63, 3.8) is 0 Å². The molecule has 0 aliphatic carbocycles. The fraction of sp³-hybridized carbons (Fsp3) is 0.115. The maximum Gasteiger partial charge on any atom is 0.131 e. The van der Waals surface area contributed by atoms with Gasteiger partial charge in [-0.15, -0.1) is 0 Å². The predicted octanol–water partition coefficient (Wildman–Crippen LogP) is 6.11. The van der Waals surface area contributed by atoms with Crippen molar-refractivity contribution in [1.29, 1.82) is 0 Å². The molecule has 0 aliphatic rings. The molecule has 33 heavy (non-hydrogen) atoms. The molecule has 0 spiro atoms. The summed E-state index contributed by atoms with van der Waals surface area (Å²) in [5, 5.41) is 0. The van der Waals surface area contributed by atoms with Gasteiger partial charge in [-0.25, -0.2) is 4.98 Å². The van der Waals surface area contributed by atoms with Crippen molar-refractivity contribution in [3.8, 4) is 50.9 Å². The molecule has 7 heteroatoms. The highest BCUT2D eigenvalue weighted by Gasteiger charge is 2.21. The molecule has 0 saturated carbocycles. The van der Waals surface area contributed by atoms with Crippen molar-refractivity contribution in [3.05, 3.63) is 72.8 Å². The molecule has 6 nitrogen and oxygen atoms in total. The zero-order valence-electron chi connectivity index (χ0n) is 18.4. The first kappa shape index (κ1) is 20.9. The first-order valence-electron chi connectivity index (χ1n) is 10.3. The maximum absolute atomic E-state index is 5.48. The minimum Gasteiger partial charge on any atom is -0.497 e. The summed E-state index contributed by atoms with van der Waals surface area (Å²) in [6.07, 6.45) is 0. The molecule has 0 saturated heterocycles. The quantitative estimate of drug-likeness (QED) is 0.308. The molecular formula is C26H21N3O3S. The van der Waals surface area contributed by atoms with E-state index in [1.54, 1.807) is 21.3 Å². The van der Waals surface area contributed by atoms with E-state index in [4.69, 9.17) is 19.2 Å². The molecule has 164 valence electrons. The van der Waals surface area contributed by atoms with Crippen molar-refractivity contribution < 1.29 is 14.2 Å². The molecular weight excluding hydrogens is 434 g/mol. The minimum atomic E-state index is 0.762. The van der Waals surface area contributed by atoms with Crippen molar-refractivity contribution in [2.75, 3.05) is 21.3 Å². The van der Waals surface area contributed by atoms with Gasteiger partial charge in [0.05, 0.1) is 38.8 Å². The summed E-state index contributed by atoms with van der Waals surface area (Å²) in [6, 6.07) is 23.6. The minimum absolute atomic E-state index is 0.762. The summed E-state index contributed by atoms with van der Waals surface area (Å²) in [4.78, 5) is 5.14. The fourth-order valence-corrected chi connectivity index (χ4v) is 4.36. The Morgan fingerprint density at radius 3 is 1.82 bits per heavy atom. The number of hydrogen-bond acceptors (Lipinski definition) is 7. The Balaban J connectivity index is 1.81.